The van der Waals surface area contributed by atoms with E-state index in [-0.39, 0.29) is 27.1 Å². The summed E-state index contributed by atoms with van der Waals surface area (Å²) < 4.78 is 68.1. The van der Waals surface area contributed by atoms with Gasteiger partial charge in [0, 0.05) is 18.0 Å². The van der Waals surface area contributed by atoms with Crippen molar-refractivity contribution in [3.63, 3.8) is 0 Å². The second kappa shape index (κ2) is 8.90. The number of aliphatic hydroxyl groups is 1. The molecule has 0 radical (unpaired) electrons. The van der Waals surface area contributed by atoms with Crippen LogP contribution in [0, 0.1) is 17.5 Å². The highest BCUT2D eigenvalue weighted by Gasteiger charge is 2.32. The number of benzene rings is 2. The van der Waals surface area contributed by atoms with Gasteiger partial charge in [0.1, 0.15) is 4.90 Å². The smallest absolute Gasteiger partial charge is 0.242 e. The van der Waals surface area contributed by atoms with Crippen LogP contribution in [0.1, 0.15) is 48.5 Å². The van der Waals surface area contributed by atoms with Gasteiger partial charge >= 0.3 is 0 Å². The summed E-state index contributed by atoms with van der Waals surface area (Å²) in [6, 6.07) is 4.69. The van der Waals surface area contributed by atoms with Crippen molar-refractivity contribution in [3.8, 4) is 0 Å². The highest BCUT2D eigenvalue weighted by Crippen LogP contribution is 2.30. The minimum Gasteiger partial charge on any atom is -0.390 e. The molecule has 5 nitrogen and oxygen atoms in total. The Morgan fingerprint density at radius 2 is 1.74 bits per heavy atom. The Kier molecular flexibility index (Phi) is 6.81. The molecule has 0 bridgehead atoms. The number of hydrogen-bond acceptors (Lipinski definition) is 4. The summed E-state index contributed by atoms with van der Waals surface area (Å²) in [5, 5.41) is 9.92. The lowest BCUT2D eigenvalue weighted by atomic mass is 9.84. The topological polar surface area (TPSA) is 83.5 Å². The summed E-state index contributed by atoms with van der Waals surface area (Å²) in [4.78, 5) is 12.3. The third-order valence-corrected chi connectivity index (χ3v) is 7.34. The molecule has 0 aliphatic heterocycles. The van der Waals surface area contributed by atoms with E-state index >= 15 is 0 Å². The zero-order valence-corrected chi connectivity index (χ0v) is 18.2. The van der Waals surface area contributed by atoms with Crippen LogP contribution in [0.25, 0.3) is 0 Å². The van der Waals surface area contributed by atoms with Crippen molar-refractivity contribution in [1.82, 2.24) is 4.72 Å². The molecule has 0 atom stereocenters. The molecule has 10 heteroatoms. The van der Waals surface area contributed by atoms with E-state index in [1.165, 1.54) is 12.1 Å². The van der Waals surface area contributed by atoms with Gasteiger partial charge in [-0.25, -0.2) is 26.3 Å². The molecule has 1 fully saturated rings. The van der Waals surface area contributed by atoms with Gasteiger partial charge in [-0.05, 0) is 68.5 Å². The molecule has 2 aromatic carbocycles. The van der Waals surface area contributed by atoms with Crippen molar-refractivity contribution >= 4 is 27.4 Å². The first-order valence-electron chi connectivity index (χ1n) is 9.59. The van der Waals surface area contributed by atoms with Gasteiger partial charge in [-0.3, -0.25) is 4.79 Å². The van der Waals surface area contributed by atoms with E-state index in [9.17, 15) is 31.5 Å². The van der Waals surface area contributed by atoms with Crippen LogP contribution in [0.2, 0.25) is 5.02 Å². The van der Waals surface area contributed by atoms with Crippen LogP contribution >= 0.6 is 11.6 Å². The molecule has 0 amide bonds. The van der Waals surface area contributed by atoms with Crippen LogP contribution in [-0.2, 0) is 16.4 Å². The molecular weight excluding hydrogens is 455 g/mol. The van der Waals surface area contributed by atoms with Crippen LogP contribution in [-0.4, -0.2) is 31.0 Å². The zero-order valence-electron chi connectivity index (χ0n) is 16.6. The van der Waals surface area contributed by atoms with Gasteiger partial charge in [-0.2, -0.15) is 0 Å². The molecule has 0 spiro atoms. The van der Waals surface area contributed by atoms with Gasteiger partial charge in [0.05, 0.1) is 10.6 Å². The average Bonchev–Trinajstić information content (AvgIpc) is 2.67. The van der Waals surface area contributed by atoms with Gasteiger partial charge in [0.25, 0.3) is 0 Å². The molecular formula is C21H21ClF3NO4S. The summed E-state index contributed by atoms with van der Waals surface area (Å²) in [7, 11) is -4.06. The van der Waals surface area contributed by atoms with Crippen LogP contribution in [0.3, 0.4) is 0 Å². The van der Waals surface area contributed by atoms with E-state index < -0.39 is 45.3 Å². The lowest BCUT2D eigenvalue weighted by Gasteiger charge is -2.33. The molecule has 168 valence electrons. The Morgan fingerprint density at radius 1 is 1.16 bits per heavy atom. The van der Waals surface area contributed by atoms with E-state index in [1.807, 2.05) is 0 Å². The highest BCUT2D eigenvalue weighted by atomic mass is 35.5. The average molecular weight is 476 g/mol. The summed E-state index contributed by atoms with van der Waals surface area (Å²) in [6.07, 6.45) is 1.32. The minimum absolute atomic E-state index is 0.0264. The molecule has 1 aliphatic rings. The molecule has 0 heterocycles. The predicted molar refractivity (Wildman–Crippen MR) is 109 cm³/mol. The second-order valence-electron chi connectivity index (χ2n) is 8.01. The molecule has 3 rings (SSSR count). The first-order chi connectivity index (χ1) is 14.4. The number of carbonyl (C=O) groups excluding carboxylic acids is 1. The first-order valence-corrected chi connectivity index (χ1v) is 11.4. The van der Waals surface area contributed by atoms with E-state index in [1.54, 1.807) is 6.92 Å². The largest absolute Gasteiger partial charge is 0.390 e. The summed E-state index contributed by atoms with van der Waals surface area (Å²) in [6.45, 7) is 1.70. The number of nitrogens with one attached hydrogen (secondary N) is 1. The van der Waals surface area contributed by atoms with E-state index in [0.29, 0.717) is 37.8 Å². The SMILES string of the molecule is CC1(O)CCC(NS(=O)(=O)c2cc(C(=O)Cc3cc(F)c(F)c(F)c3)ccc2Cl)CC1. The normalized spacial score (nSPS) is 21.8. The number of Topliss-reactive ketones (excluding diaryl/α,β-unsaturated/α-hetero) is 1. The maximum Gasteiger partial charge on any atom is 0.242 e. The maximum absolute atomic E-state index is 13.4. The Morgan fingerprint density at radius 3 is 2.32 bits per heavy atom. The number of ketones is 1. The molecule has 1 saturated carbocycles. The monoisotopic (exact) mass is 475 g/mol. The highest BCUT2D eigenvalue weighted by molar-refractivity contribution is 7.89. The quantitative estimate of drug-likeness (QED) is 0.485. The Bertz CT molecular complexity index is 1090. The van der Waals surface area contributed by atoms with Gasteiger partial charge in [-0.1, -0.05) is 11.6 Å². The number of sulfonamides is 1. The molecule has 0 aromatic heterocycles. The Balaban J connectivity index is 1.80. The van der Waals surface area contributed by atoms with Crippen molar-refractivity contribution in [3.05, 3.63) is 63.9 Å². The fourth-order valence-corrected chi connectivity index (χ4v) is 5.35. The Labute approximate surface area is 183 Å². The molecule has 31 heavy (non-hydrogen) atoms. The third kappa shape index (κ3) is 5.65. The predicted octanol–water partition coefficient (Wildman–Crippen LogP) is 4.15. The summed E-state index contributed by atoms with van der Waals surface area (Å²) in [5.41, 5.74) is -0.944. The van der Waals surface area contributed by atoms with E-state index in [2.05, 4.69) is 4.72 Å². The second-order valence-corrected chi connectivity index (χ2v) is 10.1. The van der Waals surface area contributed by atoms with Gasteiger partial charge in [0.15, 0.2) is 23.2 Å². The van der Waals surface area contributed by atoms with Crippen molar-refractivity contribution in [2.24, 2.45) is 0 Å². The fourth-order valence-electron chi connectivity index (χ4n) is 3.52. The Hall–Kier alpha value is -1.94. The molecule has 2 aromatic rings. The van der Waals surface area contributed by atoms with Gasteiger partial charge in [0.2, 0.25) is 10.0 Å². The fraction of sp³-hybridized carbons (Fsp3) is 0.381. The minimum atomic E-state index is -4.06. The summed E-state index contributed by atoms with van der Waals surface area (Å²) in [5.74, 6) is -5.09. The van der Waals surface area contributed by atoms with Gasteiger partial charge in [-0.15, -0.1) is 0 Å². The van der Waals surface area contributed by atoms with Crippen molar-refractivity contribution < 1.29 is 31.5 Å². The van der Waals surface area contributed by atoms with E-state index in [4.69, 9.17) is 11.6 Å². The maximum atomic E-state index is 13.4. The lowest BCUT2D eigenvalue weighted by Crippen LogP contribution is -2.42. The lowest BCUT2D eigenvalue weighted by molar-refractivity contribution is 0.0163. The van der Waals surface area contributed by atoms with Crippen molar-refractivity contribution in [1.29, 1.82) is 0 Å². The van der Waals surface area contributed by atoms with Crippen molar-refractivity contribution in [2.75, 3.05) is 0 Å². The number of hydrogen-bond donors (Lipinski definition) is 2. The van der Waals surface area contributed by atoms with Crippen molar-refractivity contribution in [2.45, 2.75) is 55.6 Å². The van der Waals surface area contributed by atoms with Crippen LogP contribution in [0.5, 0.6) is 0 Å². The molecule has 2 N–H and O–H groups in total. The number of halogens is 4. The van der Waals surface area contributed by atoms with Crippen LogP contribution in [0.15, 0.2) is 35.2 Å². The van der Waals surface area contributed by atoms with Crippen LogP contribution < -0.4 is 4.72 Å². The first kappa shape index (κ1) is 23.7. The standard InChI is InChI=1S/C21H21ClF3NO4S/c1-21(28)6-4-14(5-7-21)26-31(29,30)19-11-13(2-3-15(19)22)18(27)10-12-8-16(23)20(25)17(24)9-12/h2-3,8-9,11,14,26,28H,4-7,10H2,1H3. The molecule has 0 saturated heterocycles. The summed E-state index contributed by atoms with van der Waals surface area (Å²) >= 11 is 6.06. The van der Waals surface area contributed by atoms with E-state index in [0.717, 1.165) is 6.07 Å². The third-order valence-electron chi connectivity index (χ3n) is 5.34. The van der Waals surface area contributed by atoms with Gasteiger partial charge < -0.3 is 5.11 Å². The van der Waals surface area contributed by atoms with Crippen LogP contribution in [0.4, 0.5) is 13.2 Å². The number of carbonyl (C=O) groups is 1. The number of rotatable bonds is 6. The molecule has 1 aliphatic carbocycles. The zero-order chi connectivity index (χ0) is 23.0. The molecule has 0 unspecified atom stereocenters.